The highest BCUT2D eigenvalue weighted by atomic mass is 16.1. The predicted octanol–water partition coefficient (Wildman–Crippen LogP) is 2.79. The normalized spacial score (nSPS) is 9.57. The van der Waals surface area contributed by atoms with E-state index in [0.717, 1.165) is 29.9 Å². The summed E-state index contributed by atoms with van der Waals surface area (Å²) in [5, 5.41) is 6.04. The van der Waals surface area contributed by atoms with E-state index in [1.807, 2.05) is 54.6 Å². The van der Waals surface area contributed by atoms with Gasteiger partial charge in [0.25, 0.3) is 0 Å². The van der Waals surface area contributed by atoms with E-state index in [1.165, 1.54) is 0 Å². The van der Waals surface area contributed by atoms with Crippen LogP contribution in [0.1, 0.15) is 18.1 Å². The number of benzene rings is 2. The fourth-order valence-corrected chi connectivity index (χ4v) is 1.84. The number of anilines is 1. The van der Waals surface area contributed by atoms with Gasteiger partial charge in [0.05, 0.1) is 0 Å². The van der Waals surface area contributed by atoms with Crippen LogP contribution in [0, 0.1) is 11.8 Å². The first-order valence-corrected chi connectivity index (χ1v) is 6.95. The Labute approximate surface area is 125 Å². The summed E-state index contributed by atoms with van der Waals surface area (Å²) in [6.45, 7) is 3.76. The van der Waals surface area contributed by atoms with Crippen LogP contribution in [0.25, 0.3) is 0 Å². The lowest BCUT2D eigenvalue weighted by Gasteiger charge is -2.05. The van der Waals surface area contributed by atoms with Crippen LogP contribution >= 0.6 is 0 Å². The maximum atomic E-state index is 11.8. The van der Waals surface area contributed by atoms with E-state index in [2.05, 4.69) is 29.4 Å². The van der Waals surface area contributed by atoms with Crippen LogP contribution in [0.4, 0.5) is 5.69 Å². The standard InChI is InChI=1S/C18H18N2O/c1-2-19-14-16-9-6-10-17(13-16)20-18(21)12-11-15-7-4-3-5-8-15/h3-10,13,19H,2,14H2,1H3,(H,20,21). The Bertz CT molecular complexity index is 654. The monoisotopic (exact) mass is 278 g/mol. The summed E-state index contributed by atoms with van der Waals surface area (Å²) in [4.78, 5) is 11.8. The second-order valence-corrected chi connectivity index (χ2v) is 4.55. The van der Waals surface area contributed by atoms with Crippen molar-refractivity contribution in [1.82, 2.24) is 5.32 Å². The third kappa shape index (κ3) is 5.13. The molecule has 3 nitrogen and oxygen atoms in total. The predicted molar refractivity (Wildman–Crippen MR) is 85.8 cm³/mol. The molecule has 2 N–H and O–H groups in total. The van der Waals surface area contributed by atoms with E-state index < -0.39 is 0 Å². The highest BCUT2D eigenvalue weighted by molar-refractivity contribution is 6.04. The molecule has 0 saturated carbocycles. The van der Waals surface area contributed by atoms with E-state index >= 15 is 0 Å². The summed E-state index contributed by atoms with van der Waals surface area (Å²) in [5.74, 6) is 5.13. The molecule has 0 heterocycles. The van der Waals surface area contributed by atoms with Crippen molar-refractivity contribution in [1.29, 1.82) is 0 Å². The van der Waals surface area contributed by atoms with Gasteiger partial charge in [0.15, 0.2) is 0 Å². The zero-order valence-corrected chi connectivity index (χ0v) is 12.0. The van der Waals surface area contributed by atoms with Crippen LogP contribution < -0.4 is 10.6 Å². The fraction of sp³-hybridized carbons (Fsp3) is 0.167. The van der Waals surface area contributed by atoms with Crippen molar-refractivity contribution in [2.45, 2.75) is 13.5 Å². The van der Waals surface area contributed by atoms with Crippen molar-refractivity contribution >= 4 is 11.6 Å². The number of hydrogen-bond acceptors (Lipinski definition) is 2. The van der Waals surface area contributed by atoms with Gasteiger partial charge < -0.3 is 10.6 Å². The first-order chi connectivity index (χ1) is 10.3. The molecular formula is C18H18N2O. The van der Waals surface area contributed by atoms with Gasteiger partial charge in [-0.3, -0.25) is 4.79 Å². The molecule has 0 spiro atoms. The van der Waals surface area contributed by atoms with E-state index in [4.69, 9.17) is 0 Å². The smallest absolute Gasteiger partial charge is 0.300 e. The first kappa shape index (κ1) is 14.8. The van der Waals surface area contributed by atoms with E-state index in [0.29, 0.717) is 0 Å². The summed E-state index contributed by atoms with van der Waals surface area (Å²) in [6, 6.07) is 17.2. The first-order valence-electron chi connectivity index (χ1n) is 6.95. The van der Waals surface area contributed by atoms with Gasteiger partial charge in [-0.1, -0.05) is 43.2 Å². The molecule has 0 unspecified atom stereocenters. The minimum Gasteiger partial charge on any atom is -0.315 e. The molecule has 2 rings (SSSR count). The highest BCUT2D eigenvalue weighted by Gasteiger charge is 1.99. The Balaban J connectivity index is 1.98. The third-order valence-electron chi connectivity index (χ3n) is 2.86. The lowest BCUT2D eigenvalue weighted by molar-refractivity contribution is -0.111. The van der Waals surface area contributed by atoms with Crippen molar-refractivity contribution in [2.75, 3.05) is 11.9 Å². The van der Waals surface area contributed by atoms with Crippen molar-refractivity contribution < 1.29 is 4.79 Å². The molecule has 0 atom stereocenters. The molecule has 3 heteroatoms. The molecule has 106 valence electrons. The van der Waals surface area contributed by atoms with Gasteiger partial charge in [-0.2, -0.15) is 0 Å². The Morgan fingerprint density at radius 2 is 1.90 bits per heavy atom. The van der Waals surface area contributed by atoms with Crippen LogP contribution in [0.2, 0.25) is 0 Å². The van der Waals surface area contributed by atoms with Crippen molar-refractivity contribution in [2.24, 2.45) is 0 Å². The molecule has 21 heavy (non-hydrogen) atoms. The average molecular weight is 278 g/mol. The second-order valence-electron chi connectivity index (χ2n) is 4.55. The highest BCUT2D eigenvalue weighted by Crippen LogP contribution is 2.10. The number of amides is 1. The molecule has 0 aliphatic carbocycles. The largest absolute Gasteiger partial charge is 0.315 e. The van der Waals surface area contributed by atoms with Crippen LogP contribution in [0.5, 0.6) is 0 Å². The minimum absolute atomic E-state index is 0.306. The van der Waals surface area contributed by atoms with Crippen molar-refractivity contribution in [3.05, 3.63) is 65.7 Å². The Hall–Kier alpha value is -2.57. The lowest BCUT2D eigenvalue weighted by Crippen LogP contribution is -2.13. The van der Waals surface area contributed by atoms with E-state index in [1.54, 1.807) is 0 Å². The SMILES string of the molecule is CCNCc1cccc(NC(=O)C#Cc2ccccc2)c1. The summed E-state index contributed by atoms with van der Waals surface area (Å²) in [7, 11) is 0. The number of carbonyl (C=O) groups excluding carboxylic acids is 1. The fourth-order valence-electron chi connectivity index (χ4n) is 1.84. The summed E-state index contributed by atoms with van der Waals surface area (Å²) < 4.78 is 0. The van der Waals surface area contributed by atoms with E-state index in [9.17, 15) is 4.79 Å². The number of rotatable bonds is 4. The van der Waals surface area contributed by atoms with Gasteiger partial charge in [0.2, 0.25) is 0 Å². The molecule has 2 aromatic carbocycles. The summed E-state index contributed by atoms with van der Waals surface area (Å²) >= 11 is 0. The van der Waals surface area contributed by atoms with Crippen molar-refractivity contribution in [3.8, 4) is 11.8 Å². The molecule has 0 radical (unpaired) electrons. The summed E-state index contributed by atoms with van der Waals surface area (Å²) in [6.07, 6.45) is 0. The second kappa shape index (κ2) is 7.88. The quantitative estimate of drug-likeness (QED) is 0.844. The summed E-state index contributed by atoms with van der Waals surface area (Å²) in [5.41, 5.74) is 2.72. The molecule has 0 bridgehead atoms. The van der Waals surface area contributed by atoms with Crippen LogP contribution in [-0.2, 0) is 11.3 Å². The Kier molecular flexibility index (Phi) is 5.57. The Morgan fingerprint density at radius 3 is 2.67 bits per heavy atom. The van der Waals surface area contributed by atoms with Gasteiger partial charge in [-0.15, -0.1) is 0 Å². The van der Waals surface area contributed by atoms with Gasteiger partial charge >= 0.3 is 5.91 Å². The van der Waals surface area contributed by atoms with E-state index in [-0.39, 0.29) is 5.91 Å². The zero-order valence-electron chi connectivity index (χ0n) is 12.0. The third-order valence-corrected chi connectivity index (χ3v) is 2.86. The Morgan fingerprint density at radius 1 is 1.10 bits per heavy atom. The average Bonchev–Trinajstić information content (AvgIpc) is 2.52. The molecule has 2 aromatic rings. The molecular weight excluding hydrogens is 260 g/mol. The molecule has 0 aliphatic rings. The molecule has 1 amide bonds. The van der Waals surface area contributed by atoms with Crippen molar-refractivity contribution in [3.63, 3.8) is 0 Å². The van der Waals surface area contributed by atoms with Crippen LogP contribution in [-0.4, -0.2) is 12.5 Å². The molecule has 0 saturated heterocycles. The maximum Gasteiger partial charge on any atom is 0.300 e. The number of nitrogens with one attached hydrogen (secondary N) is 2. The number of hydrogen-bond donors (Lipinski definition) is 2. The molecule has 0 fully saturated rings. The maximum absolute atomic E-state index is 11.8. The lowest BCUT2D eigenvalue weighted by atomic mass is 10.2. The molecule has 0 aliphatic heterocycles. The van der Waals surface area contributed by atoms with Gasteiger partial charge in [-0.05, 0) is 36.4 Å². The van der Waals surface area contributed by atoms with Gasteiger partial charge in [0, 0.05) is 23.7 Å². The molecule has 0 aromatic heterocycles. The van der Waals surface area contributed by atoms with Crippen LogP contribution in [0.3, 0.4) is 0 Å². The minimum atomic E-state index is -0.306. The zero-order chi connectivity index (χ0) is 14.9. The topological polar surface area (TPSA) is 41.1 Å². The van der Waals surface area contributed by atoms with Gasteiger partial charge in [0.1, 0.15) is 0 Å². The van der Waals surface area contributed by atoms with Crippen LogP contribution in [0.15, 0.2) is 54.6 Å². The van der Waals surface area contributed by atoms with Gasteiger partial charge in [-0.25, -0.2) is 0 Å². The number of carbonyl (C=O) groups is 1.